The van der Waals surface area contributed by atoms with E-state index < -0.39 is 17.9 Å². The molecule has 0 bridgehead atoms. The SMILES string of the molecule is CCCCOC(=O)Nc1nc(C(=O)O)c(CCCOc2ccc(C#CCN(C)C)cc2F)s1. The number of halogens is 1. The molecule has 1 amide bonds. The first kappa shape index (κ1) is 26.1. The number of hydrogen-bond acceptors (Lipinski definition) is 7. The fourth-order valence-electron chi connectivity index (χ4n) is 2.58. The van der Waals surface area contributed by atoms with Gasteiger partial charge in [-0.1, -0.05) is 25.2 Å². The number of carbonyl (C=O) groups excluding carboxylic acids is 1. The Balaban J connectivity index is 1.89. The summed E-state index contributed by atoms with van der Waals surface area (Å²) in [6.07, 6.45) is 1.74. The molecule has 0 unspecified atom stereocenters. The third-order valence-corrected chi connectivity index (χ3v) is 5.24. The fraction of sp³-hybridized carbons (Fsp3) is 0.435. The van der Waals surface area contributed by atoms with Gasteiger partial charge >= 0.3 is 12.1 Å². The van der Waals surface area contributed by atoms with Crippen molar-refractivity contribution in [3.8, 4) is 17.6 Å². The van der Waals surface area contributed by atoms with Crippen molar-refractivity contribution in [3.63, 3.8) is 0 Å². The molecule has 1 heterocycles. The van der Waals surface area contributed by atoms with Crippen molar-refractivity contribution in [2.75, 3.05) is 39.2 Å². The van der Waals surface area contributed by atoms with Crippen LogP contribution in [0, 0.1) is 17.7 Å². The number of nitrogens with one attached hydrogen (secondary N) is 1. The Labute approximate surface area is 196 Å². The number of rotatable bonds is 11. The third-order valence-electron chi connectivity index (χ3n) is 4.21. The van der Waals surface area contributed by atoms with E-state index in [1.807, 2.05) is 25.9 Å². The second kappa shape index (κ2) is 13.4. The van der Waals surface area contributed by atoms with Crippen LogP contribution in [0.2, 0.25) is 0 Å². The lowest BCUT2D eigenvalue weighted by atomic mass is 10.2. The number of nitrogens with zero attached hydrogens (tertiary/aromatic N) is 2. The minimum atomic E-state index is -1.19. The largest absolute Gasteiger partial charge is 0.491 e. The summed E-state index contributed by atoms with van der Waals surface area (Å²) in [6.45, 7) is 3.02. The van der Waals surface area contributed by atoms with Crippen LogP contribution in [0.1, 0.15) is 47.1 Å². The van der Waals surface area contributed by atoms with Gasteiger partial charge in [-0.05, 0) is 51.6 Å². The summed E-state index contributed by atoms with van der Waals surface area (Å²) in [7, 11) is 3.80. The topological polar surface area (TPSA) is 101 Å². The molecule has 2 aromatic rings. The maximum atomic E-state index is 14.3. The Kier molecular flexibility index (Phi) is 10.6. The number of hydrogen-bond donors (Lipinski definition) is 2. The van der Waals surface area contributed by atoms with E-state index in [9.17, 15) is 19.1 Å². The highest BCUT2D eigenvalue weighted by Crippen LogP contribution is 2.25. The highest BCUT2D eigenvalue weighted by atomic mass is 32.1. The van der Waals surface area contributed by atoms with Crippen molar-refractivity contribution in [1.82, 2.24) is 9.88 Å². The number of thiazole rings is 1. The molecule has 2 rings (SSSR count). The third kappa shape index (κ3) is 9.08. The number of carboxylic acid groups (broad SMARTS) is 1. The van der Waals surface area contributed by atoms with Gasteiger partial charge in [-0.25, -0.2) is 19.0 Å². The summed E-state index contributed by atoms with van der Waals surface area (Å²) in [4.78, 5) is 29.6. The van der Waals surface area contributed by atoms with Gasteiger partial charge in [0.25, 0.3) is 0 Å². The lowest BCUT2D eigenvalue weighted by Crippen LogP contribution is -2.14. The fourth-order valence-corrected chi connectivity index (χ4v) is 3.57. The standard InChI is InChI=1S/C23H28FN3O5S/c1-4-5-13-32-23(30)26-22-25-20(21(28)29)19(33-22)9-7-14-31-18-11-10-16(15-17(18)24)8-6-12-27(2)3/h10-11,15H,4-5,7,9,12-14H2,1-3H3,(H,28,29)(H,25,26,30). The van der Waals surface area contributed by atoms with Crippen molar-refractivity contribution >= 4 is 28.5 Å². The van der Waals surface area contributed by atoms with E-state index in [2.05, 4.69) is 22.1 Å². The Bertz CT molecular complexity index is 1010. The molecule has 0 saturated heterocycles. The number of carbonyl (C=O) groups is 2. The number of aromatic carboxylic acids is 1. The van der Waals surface area contributed by atoms with Gasteiger partial charge in [0.05, 0.1) is 19.8 Å². The molecule has 0 aliphatic carbocycles. The van der Waals surface area contributed by atoms with Crippen LogP contribution in [0.5, 0.6) is 5.75 Å². The molecular weight excluding hydrogens is 449 g/mol. The first-order chi connectivity index (χ1) is 15.8. The number of ether oxygens (including phenoxy) is 2. The van der Waals surface area contributed by atoms with E-state index >= 15 is 0 Å². The maximum absolute atomic E-state index is 14.3. The molecule has 0 saturated carbocycles. The number of carboxylic acids is 1. The van der Waals surface area contributed by atoms with E-state index in [0.29, 0.717) is 29.8 Å². The van der Waals surface area contributed by atoms with Crippen LogP contribution in [0.25, 0.3) is 0 Å². The minimum Gasteiger partial charge on any atom is -0.491 e. The summed E-state index contributed by atoms with van der Waals surface area (Å²) < 4.78 is 24.7. The summed E-state index contributed by atoms with van der Waals surface area (Å²) in [6, 6.07) is 4.53. The van der Waals surface area contributed by atoms with E-state index in [4.69, 9.17) is 9.47 Å². The van der Waals surface area contributed by atoms with Gasteiger partial charge in [0, 0.05) is 10.4 Å². The Morgan fingerprint density at radius 1 is 1.27 bits per heavy atom. The van der Waals surface area contributed by atoms with E-state index in [0.717, 1.165) is 24.2 Å². The average molecular weight is 478 g/mol. The number of anilines is 1. The first-order valence-electron chi connectivity index (χ1n) is 10.5. The highest BCUT2D eigenvalue weighted by molar-refractivity contribution is 7.16. The van der Waals surface area contributed by atoms with Crippen molar-refractivity contribution in [2.45, 2.75) is 32.6 Å². The second-order valence-corrected chi connectivity index (χ2v) is 8.43. The zero-order valence-corrected chi connectivity index (χ0v) is 19.8. The van der Waals surface area contributed by atoms with Crippen LogP contribution in [0.15, 0.2) is 18.2 Å². The van der Waals surface area contributed by atoms with E-state index in [1.54, 1.807) is 6.07 Å². The second-order valence-electron chi connectivity index (χ2n) is 7.35. The lowest BCUT2D eigenvalue weighted by molar-refractivity contribution is 0.0690. The summed E-state index contributed by atoms with van der Waals surface area (Å²) in [5.74, 6) is 4.24. The highest BCUT2D eigenvalue weighted by Gasteiger charge is 2.19. The zero-order valence-electron chi connectivity index (χ0n) is 18.9. The summed E-state index contributed by atoms with van der Waals surface area (Å²) in [5.41, 5.74) is 0.432. The molecule has 2 N–H and O–H groups in total. The van der Waals surface area contributed by atoms with Crippen LogP contribution < -0.4 is 10.1 Å². The number of aromatic nitrogens is 1. The smallest absolute Gasteiger partial charge is 0.413 e. The number of unbranched alkanes of at least 4 members (excludes halogenated alkanes) is 1. The maximum Gasteiger partial charge on any atom is 0.413 e. The summed E-state index contributed by atoms with van der Waals surface area (Å²) >= 11 is 1.06. The van der Waals surface area contributed by atoms with Crippen molar-refractivity contribution in [1.29, 1.82) is 0 Å². The molecular formula is C23H28FN3O5S. The molecule has 0 aliphatic heterocycles. The van der Waals surface area contributed by atoms with Crippen LogP contribution in [-0.2, 0) is 11.2 Å². The van der Waals surface area contributed by atoms with Gasteiger partial charge < -0.3 is 14.6 Å². The summed E-state index contributed by atoms with van der Waals surface area (Å²) in [5, 5.41) is 12.0. The van der Waals surface area contributed by atoms with Gasteiger partial charge in [0.15, 0.2) is 22.4 Å². The molecule has 0 radical (unpaired) electrons. The zero-order chi connectivity index (χ0) is 24.2. The normalized spacial score (nSPS) is 10.5. The molecule has 0 aliphatic rings. The van der Waals surface area contributed by atoms with Crippen molar-refractivity contribution in [3.05, 3.63) is 40.2 Å². The lowest BCUT2D eigenvalue weighted by Gasteiger charge is -2.07. The molecule has 8 nitrogen and oxygen atoms in total. The van der Waals surface area contributed by atoms with Crippen LogP contribution in [0.3, 0.4) is 0 Å². The predicted octanol–water partition coefficient (Wildman–Crippen LogP) is 4.25. The van der Waals surface area contributed by atoms with E-state index in [-0.39, 0.29) is 29.8 Å². The van der Waals surface area contributed by atoms with Gasteiger partial charge in [-0.2, -0.15) is 0 Å². The van der Waals surface area contributed by atoms with Gasteiger partial charge in [-0.3, -0.25) is 10.2 Å². The van der Waals surface area contributed by atoms with Crippen LogP contribution in [0.4, 0.5) is 14.3 Å². The monoisotopic (exact) mass is 477 g/mol. The molecule has 0 fully saturated rings. The molecule has 178 valence electrons. The number of benzene rings is 1. The molecule has 10 heteroatoms. The molecule has 0 atom stereocenters. The molecule has 33 heavy (non-hydrogen) atoms. The quantitative estimate of drug-likeness (QED) is 0.368. The first-order valence-corrected chi connectivity index (χ1v) is 11.3. The van der Waals surface area contributed by atoms with Crippen LogP contribution in [-0.4, -0.2) is 60.9 Å². The van der Waals surface area contributed by atoms with Gasteiger partial charge in [0.1, 0.15) is 0 Å². The average Bonchev–Trinajstić information content (AvgIpc) is 3.15. The molecule has 1 aromatic heterocycles. The number of amides is 1. The van der Waals surface area contributed by atoms with E-state index in [1.165, 1.54) is 12.1 Å². The van der Waals surface area contributed by atoms with Gasteiger partial charge in [-0.15, -0.1) is 11.3 Å². The minimum absolute atomic E-state index is 0.105. The van der Waals surface area contributed by atoms with Crippen molar-refractivity contribution < 1.29 is 28.6 Å². The Morgan fingerprint density at radius 3 is 2.73 bits per heavy atom. The molecule has 0 spiro atoms. The van der Waals surface area contributed by atoms with Crippen LogP contribution >= 0.6 is 11.3 Å². The Morgan fingerprint density at radius 2 is 2.06 bits per heavy atom. The van der Waals surface area contributed by atoms with Gasteiger partial charge in [0.2, 0.25) is 0 Å². The predicted molar refractivity (Wildman–Crippen MR) is 125 cm³/mol. The van der Waals surface area contributed by atoms with Crippen molar-refractivity contribution in [2.24, 2.45) is 0 Å². The Hall–Kier alpha value is -3.16. The number of aryl methyl sites for hydroxylation is 1. The molecule has 1 aromatic carbocycles.